The Bertz CT molecular complexity index is 614. The Morgan fingerprint density at radius 2 is 1.81 bits per heavy atom. The second kappa shape index (κ2) is 6.83. The molecule has 1 N–H and O–H groups in total. The fourth-order valence-corrected chi connectivity index (χ4v) is 1.78. The van der Waals surface area contributed by atoms with E-state index >= 15 is 0 Å². The number of benzene rings is 2. The Balaban J connectivity index is 2.05. The van der Waals surface area contributed by atoms with Crippen LogP contribution in [0.1, 0.15) is 13.3 Å². The van der Waals surface area contributed by atoms with Crippen LogP contribution in [0.25, 0.3) is 0 Å². The van der Waals surface area contributed by atoms with Crippen molar-refractivity contribution in [3.05, 3.63) is 60.2 Å². The topological polar surface area (TPSA) is 38.3 Å². The lowest BCUT2D eigenvalue weighted by Crippen LogP contribution is -2.32. The van der Waals surface area contributed by atoms with E-state index in [-0.39, 0.29) is 11.5 Å². The summed E-state index contributed by atoms with van der Waals surface area (Å²) in [6.07, 6.45) is -0.382. The number of halogens is 2. The molecule has 0 aliphatic heterocycles. The summed E-state index contributed by atoms with van der Waals surface area (Å²) in [4.78, 5) is 12.1. The fraction of sp³-hybridized carbons (Fsp3) is 0.188. The number of carbonyl (C=O) groups excluding carboxylic acids is 1. The Kier molecular flexibility index (Phi) is 4.87. The molecule has 21 heavy (non-hydrogen) atoms. The third-order valence-electron chi connectivity index (χ3n) is 2.89. The number of carbonyl (C=O) groups is 1. The maximum Gasteiger partial charge on any atom is 0.265 e. The van der Waals surface area contributed by atoms with E-state index in [9.17, 15) is 13.6 Å². The number of amides is 1. The molecular weight excluding hydrogens is 276 g/mol. The molecule has 0 aliphatic carbocycles. The van der Waals surface area contributed by atoms with Gasteiger partial charge in [-0.1, -0.05) is 19.1 Å². The first-order valence-corrected chi connectivity index (χ1v) is 6.57. The van der Waals surface area contributed by atoms with E-state index in [2.05, 4.69) is 5.32 Å². The Hall–Kier alpha value is -2.43. The highest BCUT2D eigenvalue weighted by Gasteiger charge is 2.19. The van der Waals surface area contributed by atoms with E-state index < -0.39 is 17.8 Å². The van der Waals surface area contributed by atoms with Crippen LogP contribution >= 0.6 is 0 Å². The van der Waals surface area contributed by atoms with E-state index in [1.165, 1.54) is 42.5 Å². The molecule has 110 valence electrons. The van der Waals surface area contributed by atoms with Crippen LogP contribution in [0, 0.1) is 11.6 Å². The fourth-order valence-electron chi connectivity index (χ4n) is 1.78. The lowest BCUT2D eigenvalue weighted by molar-refractivity contribution is -0.122. The zero-order valence-corrected chi connectivity index (χ0v) is 11.5. The number of hydrogen-bond acceptors (Lipinski definition) is 2. The highest BCUT2D eigenvalue weighted by atomic mass is 19.1. The molecule has 2 aromatic carbocycles. The van der Waals surface area contributed by atoms with Crippen LogP contribution in [-0.2, 0) is 4.79 Å². The van der Waals surface area contributed by atoms with Crippen molar-refractivity contribution >= 4 is 11.6 Å². The zero-order chi connectivity index (χ0) is 15.2. The van der Waals surface area contributed by atoms with Gasteiger partial charge in [0.1, 0.15) is 17.4 Å². The van der Waals surface area contributed by atoms with Crippen LogP contribution in [0.2, 0.25) is 0 Å². The maximum atomic E-state index is 13.5. The molecule has 1 atom stereocenters. The van der Waals surface area contributed by atoms with E-state index in [0.29, 0.717) is 12.2 Å². The summed E-state index contributed by atoms with van der Waals surface area (Å²) in [5.41, 5.74) is 0.101. The van der Waals surface area contributed by atoms with Gasteiger partial charge in [0.25, 0.3) is 5.91 Å². The van der Waals surface area contributed by atoms with Gasteiger partial charge < -0.3 is 10.1 Å². The minimum Gasteiger partial charge on any atom is -0.481 e. The first-order chi connectivity index (χ1) is 10.1. The molecule has 0 aliphatic rings. The van der Waals surface area contributed by atoms with Gasteiger partial charge in [0, 0.05) is 0 Å². The van der Waals surface area contributed by atoms with Crippen molar-refractivity contribution < 1.29 is 18.3 Å². The summed E-state index contributed by atoms with van der Waals surface area (Å²) >= 11 is 0. The van der Waals surface area contributed by atoms with E-state index in [1.54, 1.807) is 13.0 Å². The number of anilines is 1. The molecule has 2 rings (SSSR count). The molecule has 0 radical (unpaired) electrons. The van der Waals surface area contributed by atoms with Crippen LogP contribution in [0.4, 0.5) is 14.5 Å². The van der Waals surface area contributed by atoms with Crippen LogP contribution in [0.3, 0.4) is 0 Å². The van der Waals surface area contributed by atoms with E-state index in [4.69, 9.17) is 4.74 Å². The molecule has 0 bridgehead atoms. The van der Waals surface area contributed by atoms with E-state index in [0.717, 1.165) is 0 Å². The quantitative estimate of drug-likeness (QED) is 0.911. The number of ether oxygens (including phenoxy) is 1. The molecule has 5 heteroatoms. The largest absolute Gasteiger partial charge is 0.481 e. The Morgan fingerprint density at radius 1 is 1.14 bits per heavy atom. The smallest absolute Gasteiger partial charge is 0.265 e. The number of rotatable bonds is 5. The second-order valence-electron chi connectivity index (χ2n) is 4.44. The minimum absolute atomic E-state index is 0.101. The first-order valence-electron chi connectivity index (χ1n) is 6.57. The predicted octanol–water partition coefficient (Wildman–Crippen LogP) is 3.76. The van der Waals surface area contributed by atoms with Gasteiger partial charge in [-0.25, -0.2) is 8.78 Å². The van der Waals surface area contributed by atoms with Gasteiger partial charge in [-0.05, 0) is 42.8 Å². The highest BCUT2D eigenvalue weighted by molar-refractivity contribution is 5.94. The predicted molar refractivity (Wildman–Crippen MR) is 76.1 cm³/mol. The van der Waals surface area contributed by atoms with Gasteiger partial charge in [0.15, 0.2) is 6.10 Å². The third-order valence-corrected chi connectivity index (χ3v) is 2.89. The van der Waals surface area contributed by atoms with Gasteiger partial charge in [-0.2, -0.15) is 0 Å². The van der Waals surface area contributed by atoms with Crippen molar-refractivity contribution in [1.82, 2.24) is 0 Å². The molecule has 2 aromatic rings. The van der Waals surface area contributed by atoms with Gasteiger partial charge in [0.05, 0.1) is 5.69 Å². The van der Waals surface area contributed by atoms with Gasteiger partial charge in [-0.15, -0.1) is 0 Å². The molecule has 0 fully saturated rings. The third kappa shape index (κ3) is 4.02. The maximum absolute atomic E-state index is 13.5. The van der Waals surface area contributed by atoms with Crippen LogP contribution < -0.4 is 10.1 Å². The van der Waals surface area contributed by atoms with Gasteiger partial charge >= 0.3 is 0 Å². The summed E-state index contributed by atoms with van der Waals surface area (Å²) in [5, 5.41) is 2.48. The molecule has 0 saturated carbocycles. The average molecular weight is 291 g/mol. The molecule has 0 aromatic heterocycles. The molecule has 3 nitrogen and oxygen atoms in total. The van der Waals surface area contributed by atoms with Crippen LogP contribution in [-0.4, -0.2) is 12.0 Å². The monoisotopic (exact) mass is 291 g/mol. The minimum atomic E-state index is -0.782. The molecular formula is C16H15F2NO2. The van der Waals surface area contributed by atoms with Crippen LogP contribution in [0.5, 0.6) is 5.75 Å². The zero-order valence-electron chi connectivity index (χ0n) is 11.5. The average Bonchev–Trinajstić information content (AvgIpc) is 2.49. The lowest BCUT2D eigenvalue weighted by atomic mass is 10.2. The number of para-hydroxylation sites is 1. The standard InChI is InChI=1S/C16H15F2NO2/c1-2-15(21-12-9-7-11(17)8-10-12)16(20)19-14-6-4-3-5-13(14)18/h3-10,15H,2H2,1H3,(H,19,20)/t15-/m0/s1. The van der Waals surface area contributed by atoms with Gasteiger partial charge in [0.2, 0.25) is 0 Å². The molecule has 0 unspecified atom stereocenters. The van der Waals surface area contributed by atoms with Crippen molar-refractivity contribution in [1.29, 1.82) is 0 Å². The SMILES string of the molecule is CC[C@H](Oc1ccc(F)cc1)C(=O)Nc1ccccc1F. The van der Waals surface area contributed by atoms with Crippen molar-refractivity contribution in [2.24, 2.45) is 0 Å². The first kappa shape index (κ1) is 15.0. The summed E-state index contributed by atoms with van der Waals surface area (Å²) in [5.74, 6) is -0.965. The molecule has 0 spiro atoms. The summed E-state index contributed by atoms with van der Waals surface area (Å²) in [6, 6.07) is 11.3. The Labute approximate surface area is 121 Å². The van der Waals surface area contributed by atoms with Gasteiger partial charge in [-0.3, -0.25) is 4.79 Å². The van der Waals surface area contributed by atoms with Crippen molar-refractivity contribution in [3.63, 3.8) is 0 Å². The second-order valence-corrected chi connectivity index (χ2v) is 4.44. The summed E-state index contributed by atoms with van der Waals surface area (Å²) < 4.78 is 31.8. The highest BCUT2D eigenvalue weighted by Crippen LogP contribution is 2.17. The normalized spacial score (nSPS) is 11.8. The summed E-state index contributed by atoms with van der Waals surface area (Å²) in [7, 11) is 0. The van der Waals surface area contributed by atoms with Crippen molar-refractivity contribution in [2.75, 3.05) is 5.32 Å². The summed E-state index contributed by atoms with van der Waals surface area (Å²) in [6.45, 7) is 1.77. The molecule has 0 heterocycles. The molecule has 1 amide bonds. The Morgan fingerprint density at radius 3 is 2.43 bits per heavy atom. The van der Waals surface area contributed by atoms with E-state index in [1.807, 2.05) is 0 Å². The molecule has 0 saturated heterocycles. The number of nitrogens with one attached hydrogen (secondary N) is 1. The lowest BCUT2D eigenvalue weighted by Gasteiger charge is -2.17. The van der Waals surface area contributed by atoms with Crippen molar-refractivity contribution in [3.8, 4) is 5.75 Å². The van der Waals surface area contributed by atoms with Crippen molar-refractivity contribution in [2.45, 2.75) is 19.4 Å². The number of hydrogen-bond donors (Lipinski definition) is 1. The van der Waals surface area contributed by atoms with Crippen LogP contribution in [0.15, 0.2) is 48.5 Å².